The van der Waals surface area contributed by atoms with E-state index in [9.17, 15) is 0 Å². The number of nitrogens with zero attached hydrogens (tertiary/aromatic N) is 1. The van der Waals surface area contributed by atoms with Crippen LogP contribution in [0.3, 0.4) is 0 Å². The summed E-state index contributed by atoms with van der Waals surface area (Å²) in [5.41, 5.74) is 3.78. The number of amidine groups is 1. The van der Waals surface area contributed by atoms with Crippen molar-refractivity contribution in [3.8, 4) is 0 Å². The van der Waals surface area contributed by atoms with Crippen LogP contribution in [0.5, 0.6) is 0 Å². The van der Waals surface area contributed by atoms with E-state index >= 15 is 0 Å². The summed E-state index contributed by atoms with van der Waals surface area (Å²) in [5.74, 6) is 1.16. The maximum Gasteiger partial charge on any atom is 0.101 e. The Morgan fingerprint density at radius 2 is 1.75 bits per heavy atom. The minimum absolute atomic E-state index is 0.979. The summed E-state index contributed by atoms with van der Waals surface area (Å²) in [7, 11) is 0. The van der Waals surface area contributed by atoms with Crippen molar-refractivity contribution in [2.75, 3.05) is 11.9 Å². The summed E-state index contributed by atoms with van der Waals surface area (Å²) in [6.07, 6.45) is 4.89. The van der Waals surface area contributed by atoms with Crippen molar-refractivity contribution in [1.82, 2.24) is 0 Å². The molecule has 1 aromatic carbocycles. The third-order valence-corrected chi connectivity index (χ3v) is 2.88. The van der Waals surface area contributed by atoms with Gasteiger partial charge in [0.15, 0.2) is 0 Å². The number of hydrogen-bond acceptors (Lipinski definition) is 2. The Kier molecular flexibility index (Phi) is 3.60. The third-order valence-electron chi connectivity index (χ3n) is 2.88. The minimum atomic E-state index is 0.979. The highest BCUT2D eigenvalue weighted by Gasteiger charge is 2.04. The van der Waals surface area contributed by atoms with Gasteiger partial charge in [-0.2, -0.15) is 0 Å². The molecule has 86 valence electrons. The number of benzene rings is 1. The number of nitrogens with one attached hydrogen (secondary N) is 1. The molecule has 1 N–H and O–H groups in total. The maximum absolute atomic E-state index is 4.58. The van der Waals surface area contributed by atoms with Crippen molar-refractivity contribution in [3.63, 3.8) is 0 Å². The fourth-order valence-corrected chi connectivity index (χ4v) is 2.19. The summed E-state index contributed by atoms with van der Waals surface area (Å²) in [6.45, 7) is 5.24. The van der Waals surface area contributed by atoms with Crippen molar-refractivity contribution < 1.29 is 0 Å². The maximum atomic E-state index is 4.58. The van der Waals surface area contributed by atoms with Gasteiger partial charge in [-0.05, 0) is 49.9 Å². The highest BCUT2D eigenvalue weighted by Crippen LogP contribution is 2.16. The molecule has 2 heteroatoms. The highest BCUT2D eigenvalue weighted by atomic mass is 15.0. The van der Waals surface area contributed by atoms with Gasteiger partial charge in [0.1, 0.15) is 5.84 Å². The normalized spacial score (nSPS) is 16.5. The van der Waals surface area contributed by atoms with Gasteiger partial charge in [-0.25, -0.2) is 0 Å². The van der Waals surface area contributed by atoms with E-state index < -0.39 is 0 Å². The lowest BCUT2D eigenvalue weighted by atomic mass is 10.1. The molecular formula is C14H20N2. The van der Waals surface area contributed by atoms with Gasteiger partial charge in [0.25, 0.3) is 0 Å². The van der Waals surface area contributed by atoms with Gasteiger partial charge in [-0.15, -0.1) is 0 Å². The highest BCUT2D eigenvalue weighted by molar-refractivity contribution is 5.95. The second kappa shape index (κ2) is 5.15. The molecule has 1 aliphatic rings. The fraction of sp³-hybridized carbons (Fsp3) is 0.500. The predicted octanol–water partition coefficient (Wildman–Crippen LogP) is 3.69. The quantitative estimate of drug-likeness (QED) is 0.760. The van der Waals surface area contributed by atoms with Gasteiger partial charge in [0.05, 0.1) is 0 Å². The zero-order valence-corrected chi connectivity index (χ0v) is 10.2. The van der Waals surface area contributed by atoms with Crippen LogP contribution in [0.1, 0.15) is 36.8 Å². The first-order valence-corrected chi connectivity index (χ1v) is 6.13. The smallest absolute Gasteiger partial charge is 0.101 e. The molecule has 0 atom stereocenters. The van der Waals surface area contributed by atoms with Crippen molar-refractivity contribution >= 4 is 11.5 Å². The molecule has 0 amide bonds. The van der Waals surface area contributed by atoms with Crippen molar-refractivity contribution in [2.45, 2.75) is 39.5 Å². The molecule has 0 unspecified atom stereocenters. The van der Waals surface area contributed by atoms with Gasteiger partial charge < -0.3 is 5.32 Å². The Hall–Kier alpha value is -1.31. The number of hydrogen-bond donors (Lipinski definition) is 1. The van der Waals surface area contributed by atoms with Gasteiger partial charge in [-0.1, -0.05) is 12.5 Å². The van der Waals surface area contributed by atoms with Crippen LogP contribution >= 0.6 is 0 Å². The summed E-state index contributed by atoms with van der Waals surface area (Å²) in [6, 6.07) is 6.56. The largest absolute Gasteiger partial charge is 0.344 e. The van der Waals surface area contributed by atoms with E-state index in [0.29, 0.717) is 0 Å². The average molecular weight is 216 g/mol. The van der Waals surface area contributed by atoms with Crippen LogP contribution in [0, 0.1) is 13.8 Å². The van der Waals surface area contributed by atoms with E-state index in [2.05, 4.69) is 42.4 Å². The first-order valence-electron chi connectivity index (χ1n) is 6.13. The van der Waals surface area contributed by atoms with Gasteiger partial charge in [-0.3, -0.25) is 4.99 Å². The molecule has 0 saturated carbocycles. The SMILES string of the molecule is Cc1cc(C)cc(NC2=NCCCCC2)c1. The standard InChI is InChI=1S/C14H20N2/c1-11-8-12(2)10-13(9-11)16-14-6-4-3-5-7-15-14/h8-10H,3-7H2,1-2H3,(H,15,16). The van der Waals surface area contributed by atoms with Crippen molar-refractivity contribution in [2.24, 2.45) is 4.99 Å². The Morgan fingerprint density at radius 3 is 2.50 bits per heavy atom. The topological polar surface area (TPSA) is 24.4 Å². The number of aliphatic imine (C=N–C) groups is 1. The lowest BCUT2D eigenvalue weighted by Crippen LogP contribution is -2.11. The molecule has 0 aliphatic carbocycles. The van der Waals surface area contributed by atoms with Crippen LogP contribution in [-0.4, -0.2) is 12.4 Å². The van der Waals surface area contributed by atoms with E-state index in [4.69, 9.17) is 0 Å². The second-order valence-corrected chi connectivity index (χ2v) is 4.64. The summed E-state index contributed by atoms with van der Waals surface area (Å²) >= 11 is 0. The molecule has 1 aliphatic heterocycles. The number of aryl methyl sites for hydroxylation is 2. The van der Waals surface area contributed by atoms with Crippen LogP contribution in [0.15, 0.2) is 23.2 Å². The predicted molar refractivity (Wildman–Crippen MR) is 70.3 cm³/mol. The monoisotopic (exact) mass is 216 g/mol. The molecule has 0 fully saturated rings. The summed E-state index contributed by atoms with van der Waals surface area (Å²) < 4.78 is 0. The van der Waals surface area contributed by atoms with Gasteiger partial charge in [0.2, 0.25) is 0 Å². The lowest BCUT2D eigenvalue weighted by Gasteiger charge is -2.10. The van der Waals surface area contributed by atoms with Crippen molar-refractivity contribution in [1.29, 1.82) is 0 Å². The van der Waals surface area contributed by atoms with Crippen molar-refractivity contribution in [3.05, 3.63) is 29.3 Å². The van der Waals surface area contributed by atoms with Crippen LogP contribution in [0.25, 0.3) is 0 Å². The van der Waals surface area contributed by atoms with E-state index in [-0.39, 0.29) is 0 Å². The van der Waals surface area contributed by atoms with Crippen LogP contribution in [-0.2, 0) is 0 Å². The molecule has 0 bridgehead atoms. The van der Waals surface area contributed by atoms with E-state index in [1.807, 2.05) is 0 Å². The fourth-order valence-electron chi connectivity index (χ4n) is 2.19. The first-order chi connectivity index (χ1) is 7.74. The number of anilines is 1. The van der Waals surface area contributed by atoms with Gasteiger partial charge >= 0.3 is 0 Å². The molecule has 16 heavy (non-hydrogen) atoms. The first kappa shape index (κ1) is 11.2. The van der Waals surface area contributed by atoms with E-state index in [1.54, 1.807) is 0 Å². The van der Waals surface area contributed by atoms with Gasteiger partial charge in [0, 0.05) is 18.7 Å². The number of rotatable bonds is 1. The molecule has 1 aromatic rings. The van der Waals surface area contributed by atoms with Crippen LogP contribution < -0.4 is 5.32 Å². The minimum Gasteiger partial charge on any atom is -0.344 e. The van der Waals surface area contributed by atoms with Crippen LogP contribution in [0.2, 0.25) is 0 Å². The molecule has 2 rings (SSSR count). The molecule has 1 heterocycles. The molecule has 0 radical (unpaired) electrons. The molecule has 0 saturated heterocycles. The lowest BCUT2D eigenvalue weighted by molar-refractivity contribution is 0.731. The third kappa shape index (κ3) is 3.09. The average Bonchev–Trinajstić information content (AvgIpc) is 2.44. The molecular weight excluding hydrogens is 196 g/mol. The Bertz CT molecular complexity index is 373. The summed E-state index contributed by atoms with van der Waals surface area (Å²) in [5, 5.41) is 3.45. The Labute approximate surface area is 97.8 Å². The molecule has 0 spiro atoms. The Morgan fingerprint density at radius 1 is 1.00 bits per heavy atom. The molecule has 0 aromatic heterocycles. The second-order valence-electron chi connectivity index (χ2n) is 4.64. The van der Waals surface area contributed by atoms with Crippen LogP contribution in [0.4, 0.5) is 5.69 Å². The zero-order valence-electron chi connectivity index (χ0n) is 10.2. The van der Waals surface area contributed by atoms with E-state index in [1.165, 1.54) is 36.1 Å². The Balaban J connectivity index is 2.10. The molecule has 2 nitrogen and oxygen atoms in total. The zero-order chi connectivity index (χ0) is 11.4. The van der Waals surface area contributed by atoms with E-state index in [0.717, 1.165) is 18.8 Å². The summed E-state index contributed by atoms with van der Waals surface area (Å²) in [4.78, 5) is 4.58.